The van der Waals surface area contributed by atoms with Gasteiger partial charge in [-0.3, -0.25) is 9.89 Å². The largest absolute Gasteiger partial charge is 0.477 e. The number of nitrogens with one attached hydrogen (secondary N) is 1. The summed E-state index contributed by atoms with van der Waals surface area (Å²) in [6.07, 6.45) is 0.346. The molecule has 0 saturated carbocycles. The van der Waals surface area contributed by atoms with Crippen LogP contribution in [0.4, 0.5) is 4.39 Å². The van der Waals surface area contributed by atoms with Crippen LogP contribution in [0.25, 0.3) is 5.69 Å². The van der Waals surface area contributed by atoms with E-state index in [2.05, 4.69) is 5.10 Å². The summed E-state index contributed by atoms with van der Waals surface area (Å²) in [5, 5.41) is 11.6. The number of hydrogen-bond acceptors (Lipinski definition) is 2. The van der Waals surface area contributed by atoms with Gasteiger partial charge in [-0.05, 0) is 18.6 Å². The van der Waals surface area contributed by atoms with Gasteiger partial charge < -0.3 is 5.11 Å². The zero-order chi connectivity index (χ0) is 13.3. The van der Waals surface area contributed by atoms with Gasteiger partial charge in [-0.1, -0.05) is 19.1 Å². The number of carboxylic acid groups (broad SMARTS) is 1. The van der Waals surface area contributed by atoms with Crippen molar-refractivity contribution in [1.29, 1.82) is 0 Å². The highest BCUT2D eigenvalue weighted by molar-refractivity contribution is 5.88. The first-order valence-electron chi connectivity index (χ1n) is 5.38. The maximum absolute atomic E-state index is 13.6. The van der Waals surface area contributed by atoms with E-state index in [9.17, 15) is 14.0 Å². The number of aryl methyl sites for hydroxylation is 1. The topological polar surface area (TPSA) is 75.1 Å². The minimum atomic E-state index is -1.32. The molecule has 94 valence electrons. The molecule has 1 heterocycles. The second-order valence-electron chi connectivity index (χ2n) is 3.72. The fraction of sp³-hybridized carbons (Fsp3) is 0.167. The number of rotatable bonds is 3. The molecule has 0 bridgehead atoms. The van der Waals surface area contributed by atoms with Crippen LogP contribution in [0, 0.1) is 5.82 Å². The van der Waals surface area contributed by atoms with Gasteiger partial charge in [0.1, 0.15) is 17.1 Å². The second kappa shape index (κ2) is 4.48. The maximum atomic E-state index is 13.6. The van der Waals surface area contributed by atoms with Crippen molar-refractivity contribution in [2.75, 3.05) is 0 Å². The normalized spacial score (nSPS) is 10.6. The molecular weight excluding hydrogens is 239 g/mol. The minimum absolute atomic E-state index is 0.00435. The predicted molar refractivity (Wildman–Crippen MR) is 62.7 cm³/mol. The molecule has 0 fully saturated rings. The summed E-state index contributed by atoms with van der Waals surface area (Å²) in [6.45, 7) is 1.71. The lowest BCUT2D eigenvalue weighted by molar-refractivity contribution is 0.0694. The smallest absolute Gasteiger partial charge is 0.343 e. The highest BCUT2D eigenvalue weighted by Gasteiger charge is 2.21. The Hall–Kier alpha value is -2.37. The summed E-state index contributed by atoms with van der Waals surface area (Å²) in [4.78, 5) is 22.9. The number of nitrogens with zero attached hydrogens (tertiary/aromatic N) is 1. The molecule has 2 rings (SSSR count). The molecule has 0 aliphatic heterocycles. The van der Waals surface area contributed by atoms with Crippen molar-refractivity contribution in [1.82, 2.24) is 9.78 Å². The molecule has 2 N–H and O–H groups in total. The van der Waals surface area contributed by atoms with Crippen LogP contribution in [-0.2, 0) is 6.42 Å². The summed E-state index contributed by atoms with van der Waals surface area (Å²) in [7, 11) is 0. The molecule has 2 aromatic rings. The number of aromatic amines is 1. The molecule has 0 aliphatic carbocycles. The van der Waals surface area contributed by atoms with Crippen LogP contribution in [0.1, 0.15) is 23.0 Å². The third-order valence-electron chi connectivity index (χ3n) is 2.63. The van der Waals surface area contributed by atoms with Gasteiger partial charge in [0.2, 0.25) is 0 Å². The summed E-state index contributed by atoms with van der Waals surface area (Å²) in [5.41, 5.74) is -0.828. The van der Waals surface area contributed by atoms with E-state index in [0.717, 1.165) is 4.68 Å². The Morgan fingerprint density at radius 2 is 2.11 bits per heavy atom. The molecule has 0 amide bonds. The van der Waals surface area contributed by atoms with Crippen LogP contribution in [0.15, 0.2) is 29.1 Å². The van der Waals surface area contributed by atoms with Gasteiger partial charge in [0, 0.05) is 0 Å². The van der Waals surface area contributed by atoms with E-state index in [1.807, 2.05) is 0 Å². The van der Waals surface area contributed by atoms with Crippen LogP contribution in [0.5, 0.6) is 0 Å². The number of H-pyrrole nitrogens is 1. The predicted octanol–water partition coefficient (Wildman–Crippen LogP) is 1.57. The molecule has 0 saturated heterocycles. The van der Waals surface area contributed by atoms with E-state index < -0.39 is 17.3 Å². The Kier molecular flexibility index (Phi) is 3.01. The molecule has 0 spiro atoms. The third kappa shape index (κ3) is 1.81. The molecule has 5 nitrogen and oxygen atoms in total. The number of halogens is 1. The number of para-hydroxylation sites is 1. The Labute approximate surface area is 101 Å². The zero-order valence-corrected chi connectivity index (χ0v) is 9.61. The first kappa shape index (κ1) is 12.1. The number of benzene rings is 1. The van der Waals surface area contributed by atoms with E-state index in [0.29, 0.717) is 6.42 Å². The van der Waals surface area contributed by atoms with E-state index in [1.165, 1.54) is 18.2 Å². The van der Waals surface area contributed by atoms with Crippen LogP contribution in [-0.4, -0.2) is 20.9 Å². The highest BCUT2D eigenvalue weighted by atomic mass is 19.1. The zero-order valence-electron chi connectivity index (χ0n) is 9.61. The Bertz CT molecular complexity index is 658. The monoisotopic (exact) mass is 250 g/mol. The Balaban J connectivity index is 2.71. The molecule has 6 heteroatoms. The number of carbonyl (C=O) groups is 1. The summed E-state index contributed by atoms with van der Waals surface area (Å²) in [6, 6.07) is 5.66. The highest BCUT2D eigenvalue weighted by Crippen LogP contribution is 2.12. The van der Waals surface area contributed by atoms with Crippen molar-refractivity contribution in [2.24, 2.45) is 0 Å². The van der Waals surface area contributed by atoms with Crippen molar-refractivity contribution in [3.05, 3.63) is 51.7 Å². The third-order valence-corrected chi connectivity index (χ3v) is 2.63. The van der Waals surface area contributed by atoms with Crippen molar-refractivity contribution in [3.63, 3.8) is 0 Å². The molecule has 0 atom stereocenters. The van der Waals surface area contributed by atoms with Gasteiger partial charge in [-0.2, -0.15) is 0 Å². The van der Waals surface area contributed by atoms with Crippen LogP contribution in [0.3, 0.4) is 0 Å². The van der Waals surface area contributed by atoms with Gasteiger partial charge in [0.15, 0.2) is 0 Å². The second-order valence-corrected chi connectivity index (χ2v) is 3.72. The molecular formula is C12H11FN2O3. The van der Waals surface area contributed by atoms with Crippen molar-refractivity contribution in [3.8, 4) is 5.69 Å². The van der Waals surface area contributed by atoms with Crippen molar-refractivity contribution in [2.45, 2.75) is 13.3 Å². The molecule has 0 radical (unpaired) electrons. The Morgan fingerprint density at radius 1 is 1.44 bits per heavy atom. The first-order chi connectivity index (χ1) is 8.56. The Morgan fingerprint density at radius 3 is 2.61 bits per heavy atom. The van der Waals surface area contributed by atoms with Crippen LogP contribution in [0.2, 0.25) is 0 Å². The molecule has 1 aromatic carbocycles. The lowest BCUT2D eigenvalue weighted by atomic mass is 10.2. The lowest BCUT2D eigenvalue weighted by Crippen LogP contribution is -2.21. The van der Waals surface area contributed by atoms with Gasteiger partial charge in [-0.25, -0.2) is 13.9 Å². The first-order valence-corrected chi connectivity index (χ1v) is 5.38. The van der Waals surface area contributed by atoms with E-state index >= 15 is 0 Å². The quantitative estimate of drug-likeness (QED) is 0.868. The van der Waals surface area contributed by atoms with Gasteiger partial charge in [0.25, 0.3) is 5.56 Å². The maximum Gasteiger partial charge on any atom is 0.343 e. The fourth-order valence-corrected chi connectivity index (χ4v) is 1.76. The molecule has 1 aromatic heterocycles. The summed E-state index contributed by atoms with van der Waals surface area (Å²) in [5.74, 6) is -1.91. The summed E-state index contributed by atoms with van der Waals surface area (Å²) < 4.78 is 14.5. The lowest BCUT2D eigenvalue weighted by Gasteiger charge is -2.02. The SMILES string of the molecule is CCc1[nH]n(-c2ccccc2F)c(=O)c1C(=O)O. The average Bonchev–Trinajstić information content (AvgIpc) is 2.67. The average molecular weight is 250 g/mol. The number of carboxylic acids is 1. The van der Waals surface area contributed by atoms with Crippen LogP contribution < -0.4 is 5.56 Å². The molecule has 18 heavy (non-hydrogen) atoms. The standard InChI is InChI=1S/C12H11FN2O3/c1-2-8-10(12(17)18)11(16)15(14-8)9-6-4-3-5-7(9)13/h3-6,14H,2H2,1H3,(H,17,18). The van der Waals surface area contributed by atoms with Gasteiger partial charge in [0.05, 0.1) is 5.69 Å². The van der Waals surface area contributed by atoms with E-state index in [-0.39, 0.29) is 16.9 Å². The molecule has 0 aliphatic rings. The fourth-order valence-electron chi connectivity index (χ4n) is 1.76. The van der Waals surface area contributed by atoms with Crippen molar-refractivity contribution < 1.29 is 14.3 Å². The summed E-state index contributed by atoms with van der Waals surface area (Å²) >= 11 is 0. The number of aromatic carboxylic acids is 1. The van der Waals surface area contributed by atoms with Gasteiger partial charge in [-0.15, -0.1) is 0 Å². The van der Waals surface area contributed by atoms with Gasteiger partial charge >= 0.3 is 5.97 Å². The van der Waals surface area contributed by atoms with Crippen LogP contribution >= 0.6 is 0 Å². The van der Waals surface area contributed by atoms with E-state index in [1.54, 1.807) is 13.0 Å². The van der Waals surface area contributed by atoms with E-state index in [4.69, 9.17) is 5.11 Å². The van der Waals surface area contributed by atoms with Crippen molar-refractivity contribution >= 4 is 5.97 Å². The minimum Gasteiger partial charge on any atom is -0.477 e. The molecule has 0 unspecified atom stereocenters. The number of aromatic nitrogens is 2. The number of hydrogen-bond donors (Lipinski definition) is 2.